The van der Waals surface area contributed by atoms with Crippen molar-refractivity contribution in [2.75, 3.05) is 24.2 Å². The van der Waals surface area contributed by atoms with Crippen LogP contribution in [0.15, 0.2) is 33.6 Å². The summed E-state index contributed by atoms with van der Waals surface area (Å²) in [6, 6.07) is 5.54. The Labute approximate surface area is 168 Å². The summed E-state index contributed by atoms with van der Waals surface area (Å²) in [4.78, 5) is 24.7. The Bertz CT molecular complexity index is 1050. The Morgan fingerprint density at radius 3 is 2.41 bits per heavy atom. The first-order chi connectivity index (χ1) is 13.6. The summed E-state index contributed by atoms with van der Waals surface area (Å²) >= 11 is 0. The van der Waals surface area contributed by atoms with Crippen LogP contribution in [0.3, 0.4) is 0 Å². The Kier molecular flexibility index (Phi) is 5.65. The summed E-state index contributed by atoms with van der Waals surface area (Å²) in [6.07, 6.45) is 2.29. The molecule has 1 amide bonds. The second-order valence-electron chi connectivity index (χ2n) is 7.24. The summed E-state index contributed by atoms with van der Waals surface area (Å²) in [5.41, 5.74) is 0.700. The number of nitrogens with one attached hydrogen (secondary N) is 1. The first-order valence-electron chi connectivity index (χ1n) is 9.17. The Morgan fingerprint density at radius 1 is 1.24 bits per heavy atom. The third kappa shape index (κ3) is 4.58. The fourth-order valence-corrected chi connectivity index (χ4v) is 4.47. The number of non-ortho nitro benzene ring substituents is 1. The summed E-state index contributed by atoms with van der Waals surface area (Å²) in [6.45, 7) is 4.57. The van der Waals surface area contributed by atoms with E-state index in [4.69, 9.17) is 4.42 Å². The molecule has 0 atom stereocenters. The highest BCUT2D eigenvalue weighted by Crippen LogP contribution is 2.31. The number of rotatable bonds is 5. The topological polar surface area (TPSA) is 123 Å². The van der Waals surface area contributed by atoms with Gasteiger partial charge in [0, 0.05) is 37.5 Å². The molecule has 0 saturated carbocycles. The van der Waals surface area contributed by atoms with Crippen LogP contribution in [0, 0.1) is 24.0 Å². The quantitative estimate of drug-likeness (QED) is 0.581. The van der Waals surface area contributed by atoms with Gasteiger partial charge in [-0.05, 0) is 38.8 Å². The minimum Gasteiger partial charge on any atom is -0.466 e. The number of piperidine rings is 1. The van der Waals surface area contributed by atoms with Crippen LogP contribution >= 0.6 is 0 Å². The van der Waals surface area contributed by atoms with E-state index in [1.165, 1.54) is 12.1 Å². The van der Waals surface area contributed by atoms with E-state index in [0.717, 1.165) is 12.3 Å². The van der Waals surface area contributed by atoms with Gasteiger partial charge in [-0.1, -0.05) is 0 Å². The van der Waals surface area contributed by atoms with Crippen molar-refractivity contribution in [2.24, 2.45) is 0 Å². The average molecular weight is 421 g/mol. The van der Waals surface area contributed by atoms with Crippen molar-refractivity contribution in [1.82, 2.24) is 5.32 Å². The van der Waals surface area contributed by atoms with Crippen molar-refractivity contribution in [3.8, 4) is 0 Å². The van der Waals surface area contributed by atoms with Crippen molar-refractivity contribution in [3.63, 3.8) is 0 Å². The molecule has 2 heterocycles. The molecule has 1 aliphatic heterocycles. The molecule has 156 valence electrons. The number of hydrogen-bond acceptors (Lipinski definition) is 7. The van der Waals surface area contributed by atoms with Crippen LogP contribution in [-0.2, 0) is 9.84 Å². The van der Waals surface area contributed by atoms with E-state index >= 15 is 0 Å². The number of aryl methyl sites for hydroxylation is 2. The molecule has 0 unspecified atom stereocenters. The Hall–Kier alpha value is -2.88. The van der Waals surface area contributed by atoms with Gasteiger partial charge in [-0.3, -0.25) is 14.9 Å². The van der Waals surface area contributed by atoms with Crippen LogP contribution < -0.4 is 10.2 Å². The number of anilines is 1. The summed E-state index contributed by atoms with van der Waals surface area (Å²) < 4.78 is 29.7. The third-order valence-electron chi connectivity index (χ3n) is 5.01. The van der Waals surface area contributed by atoms with Crippen molar-refractivity contribution in [3.05, 3.63) is 51.5 Å². The van der Waals surface area contributed by atoms with Crippen LogP contribution in [0.2, 0.25) is 0 Å². The van der Waals surface area contributed by atoms with Gasteiger partial charge in [0.25, 0.3) is 11.6 Å². The molecule has 1 fully saturated rings. The Balaban J connectivity index is 1.71. The zero-order valence-electron chi connectivity index (χ0n) is 16.5. The molecule has 1 aromatic heterocycles. The van der Waals surface area contributed by atoms with Gasteiger partial charge < -0.3 is 14.6 Å². The van der Waals surface area contributed by atoms with Crippen LogP contribution in [0.1, 0.15) is 34.7 Å². The first-order valence-corrected chi connectivity index (χ1v) is 11.1. The lowest BCUT2D eigenvalue weighted by Gasteiger charge is -2.34. The normalized spacial score (nSPS) is 15.3. The van der Waals surface area contributed by atoms with Crippen molar-refractivity contribution in [1.29, 1.82) is 0 Å². The standard InChI is InChI=1S/C19H23N3O6S/c1-12-10-16(13(2)28-12)19(23)20-14-6-8-21(9-7-14)17-5-4-15(22(24)25)11-18(17)29(3,26)27/h4-5,10-11,14H,6-9H2,1-3H3,(H,20,23). The number of nitro groups is 1. The maximum absolute atomic E-state index is 12.5. The number of hydrogen-bond donors (Lipinski definition) is 1. The van der Waals surface area contributed by atoms with Crippen molar-refractivity contribution >= 4 is 27.1 Å². The molecule has 1 aromatic carbocycles. The molecule has 0 spiro atoms. The van der Waals surface area contributed by atoms with E-state index in [1.807, 2.05) is 4.90 Å². The van der Waals surface area contributed by atoms with Gasteiger partial charge >= 0.3 is 0 Å². The number of nitrogens with zero attached hydrogens (tertiary/aromatic N) is 2. The molecule has 1 N–H and O–H groups in total. The van der Waals surface area contributed by atoms with Gasteiger partial charge in [0.2, 0.25) is 0 Å². The average Bonchev–Trinajstić information content (AvgIpc) is 2.99. The number of furan rings is 1. The van der Waals surface area contributed by atoms with Crippen LogP contribution in [0.4, 0.5) is 11.4 Å². The van der Waals surface area contributed by atoms with Gasteiger partial charge in [0.1, 0.15) is 11.5 Å². The van der Waals surface area contributed by atoms with E-state index in [9.17, 15) is 23.3 Å². The van der Waals surface area contributed by atoms with Crippen molar-refractivity contribution in [2.45, 2.75) is 37.6 Å². The van der Waals surface area contributed by atoms with E-state index in [1.54, 1.807) is 19.9 Å². The molecule has 9 nitrogen and oxygen atoms in total. The van der Waals surface area contributed by atoms with Crippen LogP contribution in [0.5, 0.6) is 0 Å². The second-order valence-corrected chi connectivity index (χ2v) is 9.23. The minimum absolute atomic E-state index is 0.0481. The number of amides is 1. The molecule has 1 saturated heterocycles. The lowest BCUT2D eigenvalue weighted by molar-refractivity contribution is -0.385. The molecule has 10 heteroatoms. The number of sulfone groups is 1. The van der Waals surface area contributed by atoms with Gasteiger partial charge in [-0.15, -0.1) is 0 Å². The predicted molar refractivity (Wildman–Crippen MR) is 107 cm³/mol. The van der Waals surface area contributed by atoms with Gasteiger partial charge in [-0.25, -0.2) is 8.42 Å². The lowest BCUT2D eigenvalue weighted by Crippen LogP contribution is -2.45. The van der Waals surface area contributed by atoms with Gasteiger partial charge in [-0.2, -0.15) is 0 Å². The number of benzene rings is 1. The molecular formula is C19H23N3O6S. The number of carbonyl (C=O) groups is 1. The lowest BCUT2D eigenvalue weighted by atomic mass is 10.0. The zero-order chi connectivity index (χ0) is 21.3. The molecule has 0 aliphatic carbocycles. The first kappa shape index (κ1) is 20.8. The minimum atomic E-state index is -3.64. The molecule has 29 heavy (non-hydrogen) atoms. The molecule has 0 bridgehead atoms. The van der Waals surface area contributed by atoms with Gasteiger partial charge in [0.05, 0.1) is 21.1 Å². The Morgan fingerprint density at radius 2 is 1.90 bits per heavy atom. The maximum atomic E-state index is 12.5. The van der Waals surface area contributed by atoms with Gasteiger partial charge in [0.15, 0.2) is 9.84 Å². The SMILES string of the molecule is Cc1cc(C(=O)NC2CCN(c3ccc([N+](=O)[O-])cc3S(C)(=O)=O)CC2)c(C)o1. The molecule has 2 aromatic rings. The summed E-state index contributed by atoms with van der Waals surface area (Å²) in [5, 5.41) is 14.0. The summed E-state index contributed by atoms with van der Waals surface area (Å²) in [7, 11) is -3.64. The molecule has 1 aliphatic rings. The number of nitro benzene ring substituents is 1. The smallest absolute Gasteiger partial charge is 0.270 e. The van der Waals surface area contributed by atoms with Crippen LogP contribution in [0.25, 0.3) is 0 Å². The third-order valence-corrected chi connectivity index (χ3v) is 6.14. The zero-order valence-corrected chi connectivity index (χ0v) is 17.3. The molecule has 0 radical (unpaired) electrons. The second kappa shape index (κ2) is 7.86. The fraction of sp³-hybridized carbons (Fsp3) is 0.421. The predicted octanol–water partition coefficient (Wildman–Crippen LogP) is 2.61. The van der Waals surface area contributed by atoms with Crippen LogP contribution in [-0.4, -0.2) is 44.6 Å². The highest BCUT2D eigenvalue weighted by Gasteiger charge is 2.27. The van der Waals surface area contributed by atoms with E-state index < -0.39 is 14.8 Å². The largest absolute Gasteiger partial charge is 0.466 e. The molecular weight excluding hydrogens is 398 g/mol. The maximum Gasteiger partial charge on any atom is 0.270 e. The van der Waals surface area contributed by atoms with Crippen molar-refractivity contribution < 1.29 is 22.6 Å². The number of carbonyl (C=O) groups excluding carboxylic acids is 1. The van der Waals surface area contributed by atoms with E-state index in [0.29, 0.717) is 48.7 Å². The highest BCUT2D eigenvalue weighted by molar-refractivity contribution is 7.90. The molecule has 3 rings (SSSR count). The van der Waals surface area contributed by atoms with E-state index in [-0.39, 0.29) is 22.5 Å². The van der Waals surface area contributed by atoms with E-state index in [2.05, 4.69) is 5.32 Å². The fourth-order valence-electron chi connectivity index (χ4n) is 3.56. The monoisotopic (exact) mass is 421 g/mol. The summed E-state index contributed by atoms with van der Waals surface area (Å²) in [5.74, 6) is 1.06. The highest BCUT2D eigenvalue weighted by atomic mass is 32.2.